The highest BCUT2D eigenvalue weighted by Gasteiger charge is 2.29. The molecule has 2 amide bonds. The predicted octanol–water partition coefficient (Wildman–Crippen LogP) is 1.78. The zero-order valence-corrected chi connectivity index (χ0v) is 17.4. The standard InChI is InChI=1S/C19H29N7OS/c1-14(11-21-17(10-20)15(2)18-13-23-24(3)28-18)25-6-8-26(9-7-25)19(27)22-12-16-4-5-16/h11,13,15-18H,1,4-9,12H2,2-3H3,(H,22,27)/b21-11-/t15-,17?,18?/m1/s1. The van der Waals surface area contributed by atoms with Crippen LogP contribution in [0.3, 0.4) is 0 Å². The summed E-state index contributed by atoms with van der Waals surface area (Å²) in [5.41, 5.74) is 0.787. The van der Waals surface area contributed by atoms with Crippen LogP contribution in [0.4, 0.5) is 4.79 Å². The van der Waals surface area contributed by atoms with E-state index in [1.165, 1.54) is 12.8 Å². The van der Waals surface area contributed by atoms with Crippen LogP contribution in [0.1, 0.15) is 19.8 Å². The van der Waals surface area contributed by atoms with Crippen molar-refractivity contribution in [2.75, 3.05) is 39.8 Å². The molecular formula is C19H29N7OS. The van der Waals surface area contributed by atoms with Crippen molar-refractivity contribution in [1.29, 1.82) is 5.26 Å². The van der Waals surface area contributed by atoms with E-state index in [0.29, 0.717) is 19.0 Å². The molecular weight excluding hydrogens is 374 g/mol. The average Bonchev–Trinajstić information content (AvgIpc) is 3.44. The van der Waals surface area contributed by atoms with Crippen LogP contribution in [0.5, 0.6) is 0 Å². The van der Waals surface area contributed by atoms with E-state index in [1.54, 1.807) is 22.6 Å². The highest BCUT2D eigenvalue weighted by Crippen LogP contribution is 2.29. The third kappa shape index (κ3) is 5.41. The Morgan fingerprint density at radius 3 is 2.68 bits per heavy atom. The zero-order chi connectivity index (χ0) is 20.1. The third-order valence-corrected chi connectivity index (χ3v) is 6.59. The van der Waals surface area contributed by atoms with E-state index in [0.717, 1.165) is 25.3 Å². The van der Waals surface area contributed by atoms with Crippen LogP contribution in [-0.2, 0) is 0 Å². The number of nitriles is 1. The van der Waals surface area contributed by atoms with Gasteiger partial charge in [0.15, 0.2) is 0 Å². The second kappa shape index (κ2) is 9.32. The molecule has 3 atom stereocenters. The average molecular weight is 404 g/mol. The SMILES string of the molecule is C=C(/C=N\C(C#N)[C@@H](C)C1C=NN(C)S1)N1CCN(C(=O)NCC2CC2)CC1. The fraction of sp³-hybridized carbons (Fsp3) is 0.684. The van der Waals surface area contributed by atoms with Crippen molar-refractivity contribution in [3.8, 4) is 6.07 Å². The summed E-state index contributed by atoms with van der Waals surface area (Å²) in [6.45, 7) is 9.71. The van der Waals surface area contributed by atoms with Gasteiger partial charge in [-0.3, -0.25) is 4.99 Å². The molecule has 2 heterocycles. The Labute approximate surface area is 171 Å². The van der Waals surface area contributed by atoms with Gasteiger partial charge in [-0.15, -0.1) is 0 Å². The Balaban J connectivity index is 1.44. The minimum Gasteiger partial charge on any atom is -0.367 e. The number of amides is 2. The molecule has 28 heavy (non-hydrogen) atoms. The molecule has 2 aliphatic heterocycles. The molecule has 8 nitrogen and oxygen atoms in total. The number of hydrogen-bond acceptors (Lipinski definition) is 7. The van der Waals surface area contributed by atoms with Gasteiger partial charge in [-0.25, -0.2) is 9.21 Å². The van der Waals surface area contributed by atoms with Crippen molar-refractivity contribution in [2.24, 2.45) is 21.9 Å². The quantitative estimate of drug-likeness (QED) is 0.517. The van der Waals surface area contributed by atoms with Crippen molar-refractivity contribution in [2.45, 2.75) is 31.1 Å². The summed E-state index contributed by atoms with van der Waals surface area (Å²) in [5.74, 6) is 0.741. The van der Waals surface area contributed by atoms with Crippen LogP contribution >= 0.6 is 11.9 Å². The predicted molar refractivity (Wildman–Crippen MR) is 113 cm³/mol. The molecule has 1 aliphatic carbocycles. The highest BCUT2D eigenvalue weighted by molar-refractivity contribution is 7.98. The third-order valence-electron chi connectivity index (χ3n) is 5.40. The molecule has 0 radical (unpaired) electrons. The number of urea groups is 1. The Morgan fingerprint density at radius 1 is 1.43 bits per heavy atom. The van der Waals surface area contributed by atoms with Crippen LogP contribution in [0.15, 0.2) is 22.4 Å². The second-order valence-corrected chi connectivity index (χ2v) is 8.89. The molecule has 0 aromatic carbocycles. The minimum atomic E-state index is -0.443. The van der Waals surface area contributed by atoms with Crippen LogP contribution in [0.2, 0.25) is 0 Å². The van der Waals surface area contributed by atoms with Gasteiger partial charge >= 0.3 is 6.03 Å². The molecule has 1 saturated carbocycles. The van der Waals surface area contributed by atoms with Gasteiger partial charge in [0.2, 0.25) is 0 Å². The van der Waals surface area contributed by atoms with Crippen LogP contribution < -0.4 is 5.32 Å². The molecule has 2 fully saturated rings. The zero-order valence-electron chi connectivity index (χ0n) is 16.6. The fourth-order valence-corrected chi connectivity index (χ4v) is 4.11. The first kappa shape index (κ1) is 20.5. The fourth-order valence-electron chi connectivity index (χ4n) is 3.20. The van der Waals surface area contributed by atoms with Gasteiger partial charge in [-0.2, -0.15) is 10.4 Å². The van der Waals surface area contributed by atoms with E-state index in [9.17, 15) is 10.1 Å². The number of carbonyl (C=O) groups excluding carboxylic acids is 1. The van der Waals surface area contributed by atoms with Gasteiger partial charge < -0.3 is 15.1 Å². The first-order valence-electron chi connectivity index (χ1n) is 9.82. The molecule has 3 rings (SSSR count). The lowest BCUT2D eigenvalue weighted by Gasteiger charge is -2.36. The van der Waals surface area contributed by atoms with Gasteiger partial charge in [0.1, 0.15) is 6.04 Å². The van der Waals surface area contributed by atoms with Crippen molar-refractivity contribution in [3.05, 3.63) is 12.3 Å². The van der Waals surface area contributed by atoms with Crippen LogP contribution in [0, 0.1) is 23.2 Å². The smallest absolute Gasteiger partial charge is 0.317 e. The lowest BCUT2D eigenvalue weighted by atomic mass is 10.00. The maximum absolute atomic E-state index is 12.2. The number of nitrogens with zero attached hydrogens (tertiary/aromatic N) is 6. The Morgan fingerprint density at radius 2 is 2.11 bits per heavy atom. The number of carbonyl (C=O) groups is 1. The molecule has 9 heteroatoms. The Hall–Kier alpha value is -2.21. The summed E-state index contributed by atoms with van der Waals surface area (Å²) in [6, 6.07) is 1.88. The van der Waals surface area contributed by atoms with E-state index < -0.39 is 6.04 Å². The van der Waals surface area contributed by atoms with Crippen molar-refractivity contribution < 1.29 is 4.79 Å². The topological polar surface area (TPSA) is 87.3 Å². The van der Waals surface area contributed by atoms with E-state index in [2.05, 4.69) is 33.0 Å². The normalized spacial score (nSPS) is 24.3. The first-order chi connectivity index (χ1) is 13.5. The largest absolute Gasteiger partial charge is 0.367 e. The van der Waals surface area contributed by atoms with Crippen LogP contribution in [0.25, 0.3) is 0 Å². The monoisotopic (exact) mass is 403 g/mol. The van der Waals surface area contributed by atoms with Crippen molar-refractivity contribution in [1.82, 2.24) is 19.5 Å². The number of hydrazone groups is 1. The second-order valence-electron chi connectivity index (χ2n) is 7.60. The number of piperazine rings is 1. The maximum Gasteiger partial charge on any atom is 0.317 e. The van der Waals surface area contributed by atoms with Crippen LogP contribution in [-0.4, -0.2) is 83.7 Å². The molecule has 3 aliphatic rings. The van der Waals surface area contributed by atoms with Gasteiger partial charge in [-0.05, 0) is 30.7 Å². The minimum absolute atomic E-state index is 0.0323. The molecule has 0 aromatic rings. The molecule has 0 spiro atoms. The Kier molecular flexibility index (Phi) is 6.83. The number of nitrogens with one attached hydrogen (secondary N) is 1. The summed E-state index contributed by atoms with van der Waals surface area (Å²) in [6.07, 6.45) is 6.04. The summed E-state index contributed by atoms with van der Waals surface area (Å²) >= 11 is 1.60. The number of rotatable bonds is 7. The number of hydrogen-bond donors (Lipinski definition) is 1. The summed E-state index contributed by atoms with van der Waals surface area (Å²) < 4.78 is 1.80. The summed E-state index contributed by atoms with van der Waals surface area (Å²) in [7, 11) is 1.90. The molecule has 2 unspecified atom stereocenters. The van der Waals surface area contributed by atoms with Gasteiger partial charge in [0.25, 0.3) is 0 Å². The lowest BCUT2D eigenvalue weighted by molar-refractivity contribution is 0.160. The van der Waals surface area contributed by atoms with Gasteiger partial charge in [-0.1, -0.05) is 13.5 Å². The van der Waals surface area contributed by atoms with Gasteiger partial charge in [0.05, 0.1) is 11.3 Å². The summed E-state index contributed by atoms with van der Waals surface area (Å²) in [4.78, 5) is 20.6. The lowest BCUT2D eigenvalue weighted by Crippen LogP contribution is -2.51. The van der Waals surface area contributed by atoms with E-state index >= 15 is 0 Å². The van der Waals surface area contributed by atoms with Crippen molar-refractivity contribution >= 4 is 30.4 Å². The summed E-state index contributed by atoms with van der Waals surface area (Å²) in [5, 5.41) is 16.9. The molecule has 0 bridgehead atoms. The Bertz CT molecular complexity index is 676. The number of allylic oxidation sites excluding steroid dienone is 1. The molecule has 1 saturated heterocycles. The molecule has 1 N–H and O–H groups in total. The maximum atomic E-state index is 12.2. The highest BCUT2D eigenvalue weighted by atomic mass is 32.2. The number of aliphatic imine (C=N–C) groups is 1. The first-order valence-corrected chi connectivity index (χ1v) is 10.7. The van der Waals surface area contributed by atoms with E-state index in [-0.39, 0.29) is 17.2 Å². The van der Waals surface area contributed by atoms with Crippen molar-refractivity contribution in [3.63, 3.8) is 0 Å². The molecule has 0 aromatic heterocycles. The molecule has 152 valence electrons. The van der Waals surface area contributed by atoms with Gasteiger partial charge in [0, 0.05) is 63.8 Å². The van der Waals surface area contributed by atoms with E-state index in [1.807, 2.05) is 25.1 Å². The van der Waals surface area contributed by atoms with E-state index in [4.69, 9.17) is 0 Å².